The zero-order valence-electron chi connectivity index (χ0n) is 13.0. The van der Waals surface area contributed by atoms with Gasteiger partial charge in [0.2, 0.25) is 0 Å². The molecule has 122 valence electrons. The van der Waals surface area contributed by atoms with Crippen molar-refractivity contribution in [1.82, 2.24) is 0 Å². The lowest BCUT2D eigenvalue weighted by Gasteiger charge is -2.19. The first-order chi connectivity index (χ1) is 11.1. The van der Waals surface area contributed by atoms with E-state index in [4.69, 9.17) is 4.74 Å². The molecule has 2 aromatic rings. The van der Waals surface area contributed by atoms with E-state index >= 15 is 0 Å². The van der Waals surface area contributed by atoms with Crippen LogP contribution in [-0.4, -0.2) is 30.2 Å². The largest absolute Gasteiger partial charge is 0.392 e. The summed E-state index contributed by atoms with van der Waals surface area (Å²) in [5.74, 6) is 0. The average Bonchev–Trinajstić information content (AvgIpc) is 2.58. The van der Waals surface area contributed by atoms with Crippen molar-refractivity contribution in [2.75, 3.05) is 25.1 Å². The van der Waals surface area contributed by atoms with Crippen LogP contribution in [0.3, 0.4) is 0 Å². The van der Waals surface area contributed by atoms with Gasteiger partial charge in [0, 0.05) is 19.7 Å². The average molecular weight is 316 g/mol. The highest BCUT2D eigenvalue weighted by atomic mass is 16.6. The SMILES string of the molecule is CN(CCOCc1ccccc1)c1cc(CO)ccc1[N+](=O)[O-]. The van der Waals surface area contributed by atoms with Gasteiger partial charge >= 0.3 is 0 Å². The number of ether oxygens (including phenoxy) is 1. The third kappa shape index (κ3) is 4.77. The van der Waals surface area contributed by atoms with E-state index in [2.05, 4.69) is 0 Å². The van der Waals surface area contributed by atoms with Crippen LogP contribution >= 0.6 is 0 Å². The van der Waals surface area contributed by atoms with Crippen LogP contribution in [0.25, 0.3) is 0 Å². The third-order valence-corrected chi connectivity index (χ3v) is 3.51. The van der Waals surface area contributed by atoms with Gasteiger partial charge in [-0.2, -0.15) is 0 Å². The van der Waals surface area contributed by atoms with Gasteiger partial charge in [-0.1, -0.05) is 30.3 Å². The monoisotopic (exact) mass is 316 g/mol. The van der Waals surface area contributed by atoms with E-state index in [0.29, 0.717) is 31.0 Å². The number of hydrogen-bond donors (Lipinski definition) is 1. The van der Waals surface area contributed by atoms with Gasteiger partial charge in [0.15, 0.2) is 0 Å². The van der Waals surface area contributed by atoms with Crippen molar-refractivity contribution < 1.29 is 14.8 Å². The van der Waals surface area contributed by atoms with Crippen molar-refractivity contribution in [2.45, 2.75) is 13.2 Å². The van der Waals surface area contributed by atoms with Crippen LogP contribution in [-0.2, 0) is 18.0 Å². The molecule has 6 heteroatoms. The number of benzene rings is 2. The molecular weight excluding hydrogens is 296 g/mol. The molecule has 0 saturated carbocycles. The Labute approximate surface area is 135 Å². The highest BCUT2D eigenvalue weighted by Gasteiger charge is 2.17. The lowest BCUT2D eigenvalue weighted by atomic mass is 10.1. The quantitative estimate of drug-likeness (QED) is 0.460. The van der Waals surface area contributed by atoms with Gasteiger partial charge in [-0.3, -0.25) is 10.1 Å². The molecule has 0 aromatic heterocycles. The maximum Gasteiger partial charge on any atom is 0.292 e. The van der Waals surface area contributed by atoms with E-state index in [0.717, 1.165) is 5.56 Å². The summed E-state index contributed by atoms with van der Waals surface area (Å²) in [5, 5.41) is 20.3. The van der Waals surface area contributed by atoms with E-state index in [9.17, 15) is 15.2 Å². The molecule has 2 rings (SSSR count). The summed E-state index contributed by atoms with van der Waals surface area (Å²) in [6.45, 7) is 1.32. The number of aliphatic hydroxyl groups excluding tert-OH is 1. The zero-order chi connectivity index (χ0) is 16.7. The van der Waals surface area contributed by atoms with Crippen LogP contribution in [0.2, 0.25) is 0 Å². The Bertz CT molecular complexity index is 646. The Morgan fingerprint density at radius 3 is 2.57 bits per heavy atom. The van der Waals surface area contributed by atoms with Crippen LogP contribution in [0.1, 0.15) is 11.1 Å². The number of nitro groups is 1. The fourth-order valence-corrected chi connectivity index (χ4v) is 2.21. The Hall–Kier alpha value is -2.44. The lowest BCUT2D eigenvalue weighted by molar-refractivity contribution is -0.384. The topological polar surface area (TPSA) is 75.8 Å². The Balaban J connectivity index is 1.94. The van der Waals surface area contributed by atoms with Crippen molar-refractivity contribution >= 4 is 11.4 Å². The highest BCUT2D eigenvalue weighted by molar-refractivity contribution is 5.64. The van der Waals surface area contributed by atoms with Gasteiger partial charge in [-0.15, -0.1) is 0 Å². The molecule has 23 heavy (non-hydrogen) atoms. The summed E-state index contributed by atoms with van der Waals surface area (Å²) in [6.07, 6.45) is 0. The molecule has 0 aliphatic carbocycles. The van der Waals surface area contributed by atoms with Gasteiger partial charge < -0.3 is 14.7 Å². The first-order valence-corrected chi connectivity index (χ1v) is 7.33. The fourth-order valence-electron chi connectivity index (χ4n) is 2.21. The van der Waals surface area contributed by atoms with E-state index in [-0.39, 0.29) is 12.3 Å². The number of rotatable bonds is 8. The summed E-state index contributed by atoms with van der Waals surface area (Å²) in [7, 11) is 1.77. The number of hydrogen-bond acceptors (Lipinski definition) is 5. The van der Waals surface area contributed by atoms with Crippen molar-refractivity contribution in [3.8, 4) is 0 Å². The molecule has 1 N–H and O–H groups in total. The predicted molar refractivity (Wildman–Crippen MR) is 88.4 cm³/mol. The lowest BCUT2D eigenvalue weighted by Crippen LogP contribution is -2.23. The molecule has 0 atom stereocenters. The molecule has 0 radical (unpaired) electrons. The number of anilines is 1. The number of aliphatic hydroxyl groups is 1. The van der Waals surface area contributed by atoms with Crippen molar-refractivity contribution in [3.05, 3.63) is 69.8 Å². The van der Waals surface area contributed by atoms with Gasteiger partial charge in [0.05, 0.1) is 24.7 Å². The second-order valence-corrected chi connectivity index (χ2v) is 5.20. The molecule has 0 bridgehead atoms. The minimum atomic E-state index is -0.419. The normalized spacial score (nSPS) is 10.5. The first kappa shape index (κ1) is 16.9. The smallest absolute Gasteiger partial charge is 0.292 e. The Kier molecular flexibility index (Phi) is 6.08. The third-order valence-electron chi connectivity index (χ3n) is 3.51. The summed E-state index contributed by atoms with van der Waals surface area (Å²) < 4.78 is 5.61. The predicted octanol–water partition coefficient (Wildman–Crippen LogP) is 2.74. The maximum atomic E-state index is 11.1. The standard InChI is InChI=1S/C17H20N2O4/c1-18(9-10-23-13-14-5-3-2-4-6-14)17-11-15(12-20)7-8-16(17)19(21)22/h2-8,11,20H,9-10,12-13H2,1H3. The second kappa shape index (κ2) is 8.26. The molecule has 0 spiro atoms. The van der Waals surface area contributed by atoms with Crippen molar-refractivity contribution in [1.29, 1.82) is 0 Å². The maximum absolute atomic E-state index is 11.1. The molecule has 6 nitrogen and oxygen atoms in total. The summed E-state index contributed by atoms with van der Waals surface area (Å²) in [4.78, 5) is 12.5. The van der Waals surface area contributed by atoms with Gasteiger partial charge in [-0.25, -0.2) is 0 Å². The zero-order valence-corrected chi connectivity index (χ0v) is 13.0. The molecule has 0 unspecified atom stereocenters. The van der Waals surface area contributed by atoms with Gasteiger partial charge in [0.25, 0.3) is 5.69 Å². The van der Waals surface area contributed by atoms with Crippen LogP contribution in [0, 0.1) is 10.1 Å². The van der Waals surface area contributed by atoms with E-state index in [1.807, 2.05) is 30.3 Å². The van der Waals surface area contributed by atoms with Crippen LogP contribution in [0.15, 0.2) is 48.5 Å². The first-order valence-electron chi connectivity index (χ1n) is 7.33. The van der Waals surface area contributed by atoms with Gasteiger partial charge in [-0.05, 0) is 23.3 Å². The fraction of sp³-hybridized carbons (Fsp3) is 0.294. The molecule has 0 aliphatic rings. The Morgan fingerprint density at radius 1 is 1.17 bits per heavy atom. The summed E-state index contributed by atoms with van der Waals surface area (Å²) in [6, 6.07) is 14.4. The van der Waals surface area contributed by atoms with Crippen LogP contribution in [0.4, 0.5) is 11.4 Å². The van der Waals surface area contributed by atoms with E-state index < -0.39 is 4.92 Å². The minimum absolute atomic E-state index is 0.0211. The summed E-state index contributed by atoms with van der Waals surface area (Å²) in [5.41, 5.74) is 2.23. The van der Waals surface area contributed by atoms with E-state index in [1.54, 1.807) is 24.1 Å². The van der Waals surface area contributed by atoms with Crippen LogP contribution < -0.4 is 4.90 Å². The molecule has 0 amide bonds. The Morgan fingerprint density at radius 2 is 1.91 bits per heavy atom. The molecule has 2 aromatic carbocycles. The minimum Gasteiger partial charge on any atom is -0.392 e. The van der Waals surface area contributed by atoms with Crippen molar-refractivity contribution in [2.24, 2.45) is 0 Å². The highest BCUT2D eigenvalue weighted by Crippen LogP contribution is 2.28. The van der Waals surface area contributed by atoms with Gasteiger partial charge in [0.1, 0.15) is 5.69 Å². The van der Waals surface area contributed by atoms with Crippen molar-refractivity contribution in [3.63, 3.8) is 0 Å². The number of nitrogens with zero attached hydrogens (tertiary/aromatic N) is 2. The molecule has 0 fully saturated rings. The second-order valence-electron chi connectivity index (χ2n) is 5.20. The van der Waals surface area contributed by atoms with E-state index in [1.165, 1.54) is 6.07 Å². The van der Waals surface area contributed by atoms with Crippen LogP contribution in [0.5, 0.6) is 0 Å². The molecule has 0 saturated heterocycles. The number of likely N-dealkylation sites (N-methyl/N-ethyl adjacent to an activating group) is 1. The molecule has 0 heterocycles. The molecular formula is C17H20N2O4. The molecule has 0 aliphatic heterocycles. The number of nitro benzene ring substituents is 1. The summed E-state index contributed by atoms with van der Waals surface area (Å²) >= 11 is 0.